The lowest BCUT2D eigenvalue weighted by Crippen LogP contribution is -2.39. The van der Waals surface area contributed by atoms with E-state index in [9.17, 15) is 9.18 Å². The predicted octanol–water partition coefficient (Wildman–Crippen LogP) is 2.93. The quantitative estimate of drug-likeness (QED) is 0.861. The van der Waals surface area contributed by atoms with Gasteiger partial charge in [-0.2, -0.15) is 0 Å². The summed E-state index contributed by atoms with van der Waals surface area (Å²) < 4.78 is 18.5. The van der Waals surface area contributed by atoms with Crippen LogP contribution >= 0.6 is 0 Å². The van der Waals surface area contributed by atoms with Gasteiger partial charge >= 0.3 is 0 Å². The number of benzene rings is 2. The maximum Gasteiger partial charge on any atom is 0.237 e. The number of carbonyl (C=O) groups excluding carboxylic acids is 1. The molecule has 122 valence electrons. The van der Waals surface area contributed by atoms with Crippen LogP contribution in [0, 0.1) is 5.82 Å². The average molecular weight is 316 g/mol. The van der Waals surface area contributed by atoms with Crippen LogP contribution in [0.3, 0.4) is 0 Å². The number of hydrogen-bond donors (Lipinski definition) is 2. The van der Waals surface area contributed by atoms with E-state index >= 15 is 0 Å². The van der Waals surface area contributed by atoms with Crippen LogP contribution < -0.4 is 15.8 Å². The zero-order valence-corrected chi connectivity index (χ0v) is 13.3. The molecule has 0 heterocycles. The molecule has 1 unspecified atom stereocenters. The summed E-state index contributed by atoms with van der Waals surface area (Å²) in [5.41, 5.74) is 7.40. The van der Waals surface area contributed by atoms with Crippen molar-refractivity contribution in [2.45, 2.75) is 32.5 Å². The van der Waals surface area contributed by atoms with Crippen molar-refractivity contribution in [2.75, 3.05) is 0 Å². The average Bonchev–Trinajstić information content (AvgIpc) is 2.54. The van der Waals surface area contributed by atoms with E-state index in [1.54, 1.807) is 19.1 Å². The third-order valence-corrected chi connectivity index (χ3v) is 3.47. The zero-order chi connectivity index (χ0) is 16.8. The Hall–Kier alpha value is -2.40. The zero-order valence-electron chi connectivity index (χ0n) is 13.3. The number of ether oxygens (including phenoxy) is 1. The minimum atomic E-state index is -0.532. The van der Waals surface area contributed by atoms with Crippen molar-refractivity contribution >= 4 is 5.91 Å². The molecule has 2 aromatic carbocycles. The summed E-state index contributed by atoms with van der Waals surface area (Å²) in [5.74, 6) is 0.263. The van der Waals surface area contributed by atoms with E-state index < -0.39 is 6.04 Å². The molecule has 0 aliphatic heterocycles. The van der Waals surface area contributed by atoms with E-state index in [-0.39, 0.29) is 17.8 Å². The van der Waals surface area contributed by atoms with Crippen molar-refractivity contribution in [1.82, 2.24) is 5.32 Å². The second kappa shape index (κ2) is 7.74. The van der Waals surface area contributed by atoms with Crippen molar-refractivity contribution in [1.29, 1.82) is 0 Å². The minimum absolute atomic E-state index is 0.125. The molecule has 3 N–H and O–H groups in total. The van der Waals surface area contributed by atoms with Crippen LogP contribution in [0.5, 0.6) is 5.75 Å². The van der Waals surface area contributed by atoms with Gasteiger partial charge in [-0.3, -0.25) is 4.79 Å². The molecule has 5 heteroatoms. The standard InChI is InChI=1S/C18H21FN2O2/c1-12(20)18(22)21-13(2)15-5-9-17(10-6-15)23-11-14-3-7-16(19)8-4-14/h3-10,12-13H,11,20H2,1-2H3,(H,21,22)/t12-,13?/m0/s1. The monoisotopic (exact) mass is 316 g/mol. The summed E-state index contributed by atoms with van der Waals surface area (Å²) in [4.78, 5) is 11.6. The fourth-order valence-corrected chi connectivity index (χ4v) is 2.03. The van der Waals surface area contributed by atoms with E-state index in [1.807, 2.05) is 31.2 Å². The Morgan fingerprint density at radius 1 is 1.13 bits per heavy atom. The highest BCUT2D eigenvalue weighted by Gasteiger charge is 2.12. The molecule has 2 atom stereocenters. The van der Waals surface area contributed by atoms with Crippen LogP contribution in [0.4, 0.5) is 4.39 Å². The first-order chi connectivity index (χ1) is 11.0. The summed E-state index contributed by atoms with van der Waals surface area (Å²) in [6, 6.07) is 13.0. The van der Waals surface area contributed by atoms with E-state index in [4.69, 9.17) is 10.5 Å². The third-order valence-electron chi connectivity index (χ3n) is 3.47. The van der Waals surface area contributed by atoms with Gasteiger partial charge in [-0.05, 0) is 49.2 Å². The van der Waals surface area contributed by atoms with Crippen molar-refractivity contribution in [3.63, 3.8) is 0 Å². The number of nitrogens with one attached hydrogen (secondary N) is 1. The predicted molar refractivity (Wildman–Crippen MR) is 87.4 cm³/mol. The number of hydrogen-bond acceptors (Lipinski definition) is 3. The SMILES string of the molecule is CC(NC(=O)[C@H](C)N)c1ccc(OCc2ccc(F)cc2)cc1. The molecule has 0 aliphatic rings. The van der Waals surface area contributed by atoms with E-state index in [0.29, 0.717) is 12.4 Å². The Labute approximate surface area is 135 Å². The number of halogens is 1. The van der Waals surface area contributed by atoms with E-state index in [2.05, 4.69) is 5.32 Å². The normalized spacial score (nSPS) is 13.2. The lowest BCUT2D eigenvalue weighted by atomic mass is 10.1. The topological polar surface area (TPSA) is 64.4 Å². The van der Waals surface area contributed by atoms with Crippen molar-refractivity contribution < 1.29 is 13.9 Å². The van der Waals surface area contributed by atoms with Gasteiger partial charge in [-0.15, -0.1) is 0 Å². The lowest BCUT2D eigenvalue weighted by Gasteiger charge is -2.16. The van der Waals surface area contributed by atoms with Crippen molar-refractivity contribution in [2.24, 2.45) is 5.73 Å². The molecule has 0 bridgehead atoms. The van der Waals surface area contributed by atoms with Gasteiger partial charge in [0.2, 0.25) is 5.91 Å². The summed E-state index contributed by atoms with van der Waals surface area (Å²) >= 11 is 0. The molecule has 0 saturated carbocycles. The highest BCUT2D eigenvalue weighted by Crippen LogP contribution is 2.18. The van der Waals surface area contributed by atoms with E-state index in [1.165, 1.54) is 12.1 Å². The molecule has 0 fully saturated rings. The van der Waals surface area contributed by atoms with Gasteiger partial charge in [0.15, 0.2) is 0 Å². The maximum absolute atomic E-state index is 12.8. The number of carbonyl (C=O) groups is 1. The van der Waals surface area contributed by atoms with Gasteiger partial charge in [0, 0.05) is 0 Å². The summed E-state index contributed by atoms with van der Waals surface area (Å²) in [6.07, 6.45) is 0. The van der Waals surface area contributed by atoms with Crippen LogP contribution in [0.1, 0.15) is 31.0 Å². The lowest BCUT2D eigenvalue weighted by molar-refractivity contribution is -0.122. The van der Waals surface area contributed by atoms with E-state index in [0.717, 1.165) is 11.1 Å². The first-order valence-electron chi connectivity index (χ1n) is 7.49. The van der Waals surface area contributed by atoms with Gasteiger partial charge in [-0.25, -0.2) is 4.39 Å². The highest BCUT2D eigenvalue weighted by molar-refractivity contribution is 5.81. The largest absolute Gasteiger partial charge is 0.489 e. The molecular weight excluding hydrogens is 295 g/mol. The van der Waals surface area contributed by atoms with Crippen LogP contribution in [0.15, 0.2) is 48.5 Å². The van der Waals surface area contributed by atoms with Gasteiger partial charge in [0.25, 0.3) is 0 Å². The molecule has 23 heavy (non-hydrogen) atoms. The van der Waals surface area contributed by atoms with Crippen LogP contribution in [-0.4, -0.2) is 11.9 Å². The Bertz CT molecular complexity index is 639. The Morgan fingerprint density at radius 3 is 2.30 bits per heavy atom. The van der Waals surface area contributed by atoms with Crippen molar-refractivity contribution in [3.05, 3.63) is 65.5 Å². The van der Waals surface area contributed by atoms with Gasteiger partial charge in [-0.1, -0.05) is 24.3 Å². The van der Waals surface area contributed by atoms with Gasteiger partial charge < -0.3 is 15.8 Å². The fourth-order valence-electron chi connectivity index (χ4n) is 2.03. The maximum atomic E-state index is 12.8. The van der Waals surface area contributed by atoms with Crippen LogP contribution in [-0.2, 0) is 11.4 Å². The number of amides is 1. The third kappa shape index (κ3) is 5.07. The molecular formula is C18H21FN2O2. The first kappa shape index (κ1) is 17.0. The summed E-state index contributed by atoms with van der Waals surface area (Å²) in [5, 5.41) is 2.84. The molecule has 2 aromatic rings. The summed E-state index contributed by atoms with van der Waals surface area (Å²) in [6.45, 7) is 3.92. The van der Waals surface area contributed by atoms with Gasteiger partial charge in [0.05, 0.1) is 12.1 Å². The number of rotatable bonds is 6. The second-order valence-corrected chi connectivity index (χ2v) is 5.50. The minimum Gasteiger partial charge on any atom is -0.489 e. The van der Waals surface area contributed by atoms with Gasteiger partial charge in [0.1, 0.15) is 18.2 Å². The molecule has 4 nitrogen and oxygen atoms in total. The van der Waals surface area contributed by atoms with Crippen LogP contribution in [0.25, 0.3) is 0 Å². The fraction of sp³-hybridized carbons (Fsp3) is 0.278. The molecule has 0 radical (unpaired) electrons. The first-order valence-corrected chi connectivity index (χ1v) is 7.49. The smallest absolute Gasteiger partial charge is 0.237 e. The molecule has 1 amide bonds. The molecule has 2 rings (SSSR count). The molecule has 0 aromatic heterocycles. The molecule has 0 spiro atoms. The number of nitrogens with two attached hydrogens (primary N) is 1. The highest BCUT2D eigenvalue weighted by atomic mass is 19.1. The Kier molecular flexibility index (Phi) is 5.71. The second-order valence-electron chi connectivity index (χ2n) is 5.50. The Balaban J connectivity index is 1.91. The molecule has 0 aliphatic carbocycles. The van der Waals surface area contributed by atoms with Crippen LogP contribution in [0.2, 0.25) is 0 Å². The Morgan fingerprint density at radius 2 is 1.74 bits per heavy atom. The van der Waals surface area contributed by atoms with Crippen molar-refractivity contribution in [3.8, 4) is 5.75 Å². The summed E-state index contributed by atoms with van der Waals surface area (Å²) in [7, 11) is 0. The molecule has 0 saturated heterocycles.